The van der Waals surface area contributed by atoms with E-state index in [0.717, 1.165) is 13.0 Å². The first-order valence-electron chi connectivity index (χ1n) is 5.12. The van der Waals surface area contributed by atoms with E-state index in [9.17, 15) is 14.7 Å². The van der Waals surface area contributed by atoms with Crippen molar-refractivity contribution in [2.75, 3.05) is 20.2 Å². The van der Waals surface area contributed by atoms with Gasteiger partial charge in [-0.15, -0.1) is 0 Å². The van der Waals surface area contributed by atoms with Crippen LogP contribution in [0.3, 0.4) is 0 Å². The molecule has 1 heterocycles. The Morgan fingerprint density at radius 2 is 2.13 bits per heavy atom. The highest BCUT2D eigenvalue weighted by Crippen LogP contribution is 2.34. The van der Waals surface area contributed by atoms with Crippen molar-refractivity contribution in [3.63, 3.8) is 0 Å². The number of rotatable bonds is 3. The quantitative estimate of drug-likeness (QED) is 0.666. The summed E-state index contributed by atoms with van der Waals surface area (Å²) in [5.74, 6) is -1.34. The van der Waals surface area contributed by atoms with E-state index in [1.807, 2.05) is 0 Å². The fourth-order valence-corrected chi connectivity index (χ4v) is 1.94. The molecule has 0 aliphatic carbocycles. The molecule has 15 heavy (non-hydrogen) atoms. The van der Waals surface area contributed by atoms with E-state index in [1.54, 1.807) is 0 Å². The van der Waals surface area contributed by atoms with E-state index in [4.69, 9.17) is 0 Å². The van der Waals surface area contributed by atoms with Gasteiger partial charge >= 0.3 is 11.9 Å². The first-order chi connectivity index (χ1) is 7.10. The molecule has 86 valence electrons. The van der Waals surface area contributed by atoms with Gasteiger partial charge in [0.15, 0.2) is 0 Å². The molecule has 2 N–H and O–H groups in total. The molecule has 1 atom stereocenters. The van der Waals surface area contributed by atoms with Crippen LogP contribution in [0.2, 0.25) is 0 Å². The highest BCUT2D eigenvalue weighted by Gasteiger charge is 2.40. The second-order valence-electron chi connectivity index (χ2n) is 3.94. The van der Waals surface area contributed by atoms with E-state index >= 15 is 0 Å². The first-order valence-corrected chi connectivity index (χ1v) is 5.12. The van der Waals surface area contributed by atoms with Crippen LogP contribution < -0.4 is 5.32 Å². The molecule has 0 aromatic carbocycles. The predicted octanol–water partition coefficient (Wildman–Crippen LogP) is 0.394. The van der Waals surface area contributed by atoms with Gasteiger partial charge in [-0.1, -0.05) is 0 Å². The van der Waals surface area contributed by atoms with E-state index in [2.05, 4.69) is 10.1 Å². The Morgan fingerprint density at radius 3 is 2.73 bits per heavy atom. The summed E-state index contributed by atoms with van der Waals surface area (Å²) in [6.45, 7) is 1.46. The molecule has 0 aromatic rings. The molecule has 5 heteroatoms. The van der Waals surface area contributed by atoms with E-state index in [-0.39, 0.29) is 6.42 Å². The summed E-state index contributed by atoms with van der Waals surface area (Å²) < 4.78 is 4.55. The summed E-state index contributed by atoms with van der Waals surface area (Å²) in [6, 6.07) is 0. The fraction of sp³-hybridized carbons (Fsp3) is 0.800. The van der Waals surface area contributed by atoms with Crippen LogP contribution in [-0.2, 0) is 14.3 Å². The third-order valence-electron chi connectivity index (χ3n) is 2.95. The van der Waals surface area contributed by atoms with Crippen molar-refractivity contribution >= 4 is 11.9 Å². The van der Waals surface area contributed by atoms with Crippen molar-refractivity contribution in [3.8, 4) is 0 Å². The Labute approximate surface area is 88.8 Å². The van der Waals surface area contributed by atoms with Crippen molar-refractivity contribution in [1.29, 1.82) is 0 Å². The number of hydrogen-bond donors (Lipinski definition) is 2. The summed E-state index contributed by atoms with van der Waals surface area (Å²) in [5.41, 5.74) is -0.934. The molecule has 1 aliphatic heterocycles. The van der Waals surface area contributed by atoms with Crippen molar-refractivity contribution < 1.29 is 19.4 Å². The van der Waals surface area contributed by atoms with Gasteiger partial charge in [0.2, 0.25) is 0 Å². The van der Waals surface area contributed by atoms with E-state index in [1.165, 1.54) is 7.11 Å². The van der Waals surface area contributed by atoms with Gasteiger partial charge in [0, 0.05) is 0 Å². The molecule has 0 aromatic heterocycles. The SMILES string of the molecule is COC(=O)CC1(C(=O)O)CCCNCC1. The molecule has 0 amide bonds. The standard InChI is InChI=1S/C10H17NO4/c1-15-8(12)7-10(9(13)14)3-2-5-11-6-4-10/h11H,2-7H2,1H3,(H,13,14). The predicted molar refractivity (Wildman–Crippen MR) is 53.4 cm³/mol. The number of carbonyl (C=O) groups is 2. The third kappa shape index (κ3) is 2.92. The van der Waals surface area contributed by atoms with Gasteiger partial charge in [0.25, 0.3) is 0 Å². The molecule has 5 nitrogen and oxygen atoms in total. The van der Waals surface area contributed by atoms with Gasteiger partial charge in [0.05, 0.1) is 18.9 Å². The number of esters is 1. The van der Waals surface area contributed by atoms with Crippen LogP contribution >= 0.6 is 0 Å². The van der Waals surface area contributed by atoms with Crippen LogP contribution in [0.15, 0.2) is 0 Å². The maximum Gasteiger partial charge on any atom is 0.310 e. The highest BCUT2D eigenvalue weighted by molar-refractivity contribution is 5.82. The highest BCUT2D eigenvalue weighted by atomic mass is 16.5. The van der Waals surface area contributed by atoms with Gasteiger partial charge in [-0.25, -0.2) is 0 Å². The van der Waals surface area contributed by atoms with Gasteiger partial charge in [-0.05, 0) is 32.4 Å². The summed E-state index contributed by atoms with van der Waals surface area (Å²) in [7, 11) is 1.28. The second kappa shape index (κ2) is 5.11. The number of carboxylic acid groups (broad SMARTS) is 1. The Balaban J connectivity index is 2.75. The largest absolute Gasteiger partial charge is 0.481 e. The Bertz CT molecular complexity index is 244. The topological polar surface area (TPSA) is 75.6 Å². The minimum atomic E-state index is -0.934. The fourth-order valence-electron chi connectivity index (χ4n) is 1.94. The van der Waals surface area contributed by atoms with E-state index in [0.29, 0.717) is 19.4 Å². The lowest BCUT2D eigenvalue weighted by molar-refractivity contribution is -0.157. The zero-order valence-corrected chi connectivity index (χ0v) is 8.91. The summed E-state index contributed by atoms with van der Waals surface area (Å²) >= 11 is 0. The first kappa shape index (κ1) is 12.0. The van der Waals surface area contributed by atoms with Crippen LogP contribution in [0.25, 0.3) is 0 Å². The number of nitrogens with one attached hydrogen (secondary N) is 1. The molecule has 1 rings (SSSR count). The molecule has 1 unspecified atom stereocenters. The maximum absolute atomic E-state index is 11.2. The summed E-state index contributed by atoms with van der Waals surface area (Å²) in [6.07, 6.45) is 1.77. The van der Waals surface area contributed by atoms with Gasteiger partial charge in [-0.2, -0.15) is 0 Å². The Morgan fingerprint density at radius 1 is 1.40 bits per heavy atom. The number of methoxy groups -OCH3 is 1. The van der Waals surface area contributed by atoms with Crippen LogP contribution in [-0.4, -0.2) is 37.2 Å². The lowest BCUT2D eigenvalue weighted by Crippen LogP contribution is -2.34. The molecular weight excluding hydrogens is 198 g/mol. The Hall–Kier alpha value is -1.10. The molecule has 1 aliphatic rings. The lowest BCUT2D eigenvalue weighted by atomic mass is 9.78. The van der Waals surface area contributed by atoms with Crippen molar-refractivity contribution in [2.24, 2.45) is 5.41 Å². The minimum absolute atomic E-state index is 0.0273. The molecule has 1 fully saturated rings. The zero-order chi connectivity index (χ0) is 11.3. The lowest BCUT2D eigenvalue weighted by Gasteiger charge is -2.26. The minimum Gasteiger partial charge on any atom is -0.481 e. The average molecular weight is 215 g/mol. The van der Waals surface area contributed by atoms with Crippen molar-refractivity contribution in [1.82, 2.24) is 5.32 Å². The molecular formula is C10H17NO4. The summed E-state index contributed by atoms with van der Waals surface area (Å²) in [4.78, 5) is 22.4. The molecule has 0 radical (unpaired) electrons. The third-order valence-corrected chi connectivity index (χ3v) is 2.95. The maximum atomic E-state index is 11.2. The number of ether oxygens (including phenoxy) is 1. The normalized spacial score (nSPS) is 26.7. The monoisotopic (exact) mass is 215 g/mol. The summed E-state index contributed by atoms with van der Waals surface area (Å²) in [5, 5.41) is 12.4. The van der Waals surface area contributed by atoms with Crippen molar-refractivity contribution in [2.45, 2.75) is 25.7 Å². The van der Waals surface area contributed by atoms with Crippen molar-refractivity contribution in [3.05, 3.63) is 0 Å². The van der Waals surface area contributed by atoms with Crippen LogP contribution in [0.4, 0.5) is 0 Å². The molecule has 0 saturated carbocycles. The van der Waals surface area contributed by atoms with Crippen LogP contribution in [0.5, 0.6) is 0 Å². The zero-order valence-electron chi connectivity index (χ0n) is 8.91. The van der Waals surface area contributed by atoms with Gasteiger partial charge in [0.1, 0.15) is 0 Å². The van der Waals surface area contributed by atoms with Crippen LogP contribution in [0.1, 0.15) is 25.7 Å². The molecule has 0 bridgehead atoms. The molecule has 1 saturated heterocycles. The number of aliphatic carboxylic acids is 1. The average Bonchev–Trinajstić information content (AvgIpc) is 2.44. The van der Waals surface area contributed by atoms with E-state index < -0.39 is 17.4 Å². The number of hydrogen-bond acceptors (Lipinski definition) is 4. The number of carbonyl (C=O) groups excluding carboxylic acids is 1. The molecule has 0 spiro atoms. The Kier molecular flexibility index (Phi) is 4.08. The number of carboxylic acids is 1. The smallest absolute Gasteiger partial charge is 0.310 e. The van der Waals surface area contributed by atoms with Gasteiger partial charge < -0.3 is 15.2 Å². The van der Waals surface area contributed by atoms with Crippen LogP contribution in [0, 0.1) is 5.41 Å². The van der Waals surface area contributed by atoms with Gasteiger partial charge in [-0.3, -0.25) is 9.59 Å². The second-order valence-corrected chi connectivity index (χ2v) is 3.94.